The number of likely N-dealkylation sites (N-methyl/N-ethyl adjacent to an activating group) is 5. The number of hydrogen-bond donors (Lipinski definition) is 5. The smallest absolute Gasteiger partial charge is 0.115 e. The second-order valence-electron chi connectivity index (χ2n) is 36.5. The van der Waals surface area contributed by atoms with Gasteiger partial charge in [-0.15, -0.1) is 0 Å². The van der Waals surface area contributed by atoms with Crippen LogP contribution in [0.15, 0.2) is 0 Å². The van der Waals surface area contributed by atoms with Gasteiger partial charge in [-0.1, -0.05) is 290 Å². The summed E-state index contributed by atoms with van der Waals surface area (Å²) in [5.41, 5.74) is 0. The zero-order chi connectivity index (χ0) is 73.1. The molecule has 0 radical (unpaired) electrons. The van der Waals surface area contributed by atoms with Gasteiger partial charge < -0.3 is 47.9 Å². The molecule has 0 amide bonds. The number of unbranched alkanes of at least 4 members (excludes halogenated alkanes) is 45. The van der Waals surface area contributed by atoms with Crippen molar-refractivity contribution in [2.45, 2.75) is 359 Å². The Morgan fingerprint density at radius 1 is 0.194 bits per heavy atom. The molecule has 5 atom stereocenters. The highest BCUT2D eigenvalue weighted by Gasteiger charge is 2.30. The summed E-state index contributed by atoms with van der Waals surface area (Å²) in [5, 5.41) is 59.5. The molecule has 0 aliphatic carbocycles. The number of rotatable bonds is 77. The van der Waals surface area contributed by atoms with E-state index in [1.165, 1.54) is 308 Å². The van der Waals surface area contributed by atoms with E-state index < -0.39 is 30.5 Å². The average Bonchev–Trinajstić information content (AvgIpc) is 1.04. The fraction of sp³-hybridized carbons (Fsp3) is 1.00. The molecule has 0 aliphatic rings. The third-order valence-corrected chi connectivity index (χ3v) is 21.3. The molecule has 13 heteroatoms. The van der Waals surface area contributed by atoms with E-state index in [-0.39, 0.29) is 0 Å². The third-order valence-electron chi connectivity index (χ3n) is 21.3. The summed E-state index contributed by atoms with van der Waals surface area (Å²) < 4.78 is 3.64. The Kier molecular flexibility index (Phi) is 62.3. The molecule has 13 nitrogen and oxygen atoms in total. The van der Waals surface area contributed by atoms with E-state index in [1.54, 1.807) is 0 Å². The van der Waals surface area contributed by atoms with Gasteiger partial charge in [0.2, 0.25) is 0 Å². The van der Waals surface area contributed by atoms with Crippen LogP contribution in [-0.2, 0) is 0 Å². The van der Waals surface area contributed by atoms with Crippen LogP contribution in [0.25, 0.3) is 0 Å². The average molecular weight is 1400 g/mol. The molecule has 0 aromatic carbocycles. The molecular weight excluding hydrogens is 1210 g/mol. The van der Waals surface area contributed by atoms with Crippen LogP contribution >= 0.6 is 0 Å². The Morgan fingerprint density at radius 3 is 0.510 bits per heavy atom. The van der Waals surface area contributed by atoms with Crippen LogP contribution in [0.5, 0.6) is 0 Å². The maximum Gasteiger partial charge on any atom is 0.115 e. The van der Waals surface area contributed by atoms with E-state index in [0.29, 0.717) is 101 Å². The summed E-state index contributed by atoms with van der Waals surface area (Å²) in [7, 11) is 26.5. The van der Waals surface area contributed by atoms with Crippen molar-refractivity contribution in [3.05, 3.63) is 0 Å². The fourth-order valence-electron chi connectivity index (χ4n) is 15.7. The SMILES string of the molecule is CCCCCCCCCCCCCCCCCC[N+](C)(C)CC(O)CN(CCN(CC(O)C[N+](C)(C)C)CC(O)C[N+](C)(C)CCCCCCCCCCCCCCCCCC)CCN(CC(O)C[N+](C)(C)C)CC(O)C[N+](C)(C)CCCCCCCCCCCCCCCCCC. The molecule has 0 bridgehead atoms. The lowest BCUT2D eigenvalue weighted by molar-refractivity contribution is -0.893. The highest BCUT2D eigenvalue weighted by atomic mass is 16.3. The van der Waals surface area contributed by atoms with E-state index in [1.807, 2.05) is 0 Å². The third kappa shape index (κ3) is 68.6. The second kappa shape index (κ2) is 62.7. The van der Waals surface area contributed by atoms with Crippen LogP contribution in [0.2, 0.25) is 0 Å². The van der Waals surface area contributed by atoms with Crippen molar-refractivity contribution in [3.63, 3.8) is 0 Å². The lowest BCUT2D eigenvalue weighted by Crippen LogP contribution is -2.54. The standard InChI is InChI=1S/C85H185N8O5/c1-16-19-22-25-28-31-34-37-40-43-46-49-52-55-58-61-68-91(10,11)78-83(96)71-86(64-66-87(72-81(94)76-89(4,5)6)74-84(97)79-92(12,13)69-62-59-56-53-50-47-44-41-38-35-32-29-26-23-20-17-2)65-67-88(73-82(95)77-90(7,8)9)75-85(98)80-93(14,15)70-63-60-57-54-51-48-45-42-39-36-33-30-27-24-21-18-3/h81-85,94-98H,16-80H2,1-15H3/q+5. The maximum absolute atomic E-state index is 12.2. The Balaban J connectivity index is 6.01. The molecule has 5 N–H and O–H groups in total. The molecule has 5 unspecified atom stereocenters. The first kappa shape index (κ1) is 97.5. The van der Waals surface area contributed by atoms with Crippen LogP contribution in [-0.4, -0.2) is 289 Å². The van der Waals surface area contributed by atoms with E-state index in [0.717, 1.165) is 33.1 Å². The fourth-order valence-corrected chi connectivity index (χ4v) is 15.7. The second-order valence-corrected chi connectivity index (χ2v) is 36.5. The van der Waals surface area contributed by atoms with Gasteiger partial charge in [0.1, 0.15) is 63.2 Å². The quantitative estimate of drug-likeness (QED) is 0.0303. The van der Waals surface area contributed by atoms with Gasteiger partial charge in [-0.3, -0.25) is 14.7 Å². The molecule has 590 valence electrons. The zero-order valence-corrected chi connectivity index (χ0v) is 69.7. The van der Waals surface area contributed by atoms with E-state index >= 15 is 0 Å². The van der Waals surface area contributed by atoms with Gasteiger partial charge >= 0.3 is 0 Å². The first-order valence-corrected chi connectivity index (χ1v) is 43.2. The summed E-state index contributed by atoms with van der Waals surface area (Å²) in [4.78, 5) is 7.00. The molecule has 0 saturated carbocycles. The van der Waals surface area contributed by atoms with Crippen LogP contribution in [0.1, 0.15) is 329 Å². The minimum Gasteiger partial charge on any atom is -0.386 e. The predicted octanol–water partition coefficient (Wildman–Crippen LogP) is 17.1. The van der Waals surface area contributed by atoms with Gasteiger partial charge in [-0.25, -0.2) is 0 Å². The van der Waals surface area contributed by atoms with Crippen LogP contribution < -0.4 is 0 Å². The van der Waals surface area contributed by atoms with Gasteiger partial charge in [0.25, 0.3) is 0 Å². The molecule has 0 heterocycles. The first-order chi connectivity index (χ1) is 46.6. The number of hydrogen-bond acceptors (Lipinski definition) is 8. The Morgan fingerprint density at radius 2 is 0.337 bits per heavy atom. The summed E-state index contributed by atoms with van der Waals surface area (Å²) >= 11 is 0. The first-order valence-electron chi connectivity index (χ1n) is 43.2. The number of quaternary nitrogens is 5. The van der Waals surface area contributed by atoms with Gasteiger partial charge in [-0.2, -0.15) is 0 Å². The molecular formula is C85H185N8O5+5. The molecule has 0 aromatic heterocycles. The predicted molar refractivity (Wildman–Crippen MR) is 429 cm³/mol. The van der Waals surface area contributed by atoms with E-state index in [4.69, 9.17) is 0 Å². The molecule has 0 rings (SSSR count). The molecule has 0 spiro atoms. The molecule has 98 heavy (non-hydrogen) atoms. The van der Waals surface area contributed by atoms with Gasteiger partial charge in [0.15, 0.2) is 0 Å². The van der Waals surface area contributed by atoms with Crippen molar-refractivity contribution in [1.82, 2.24) is 14.7 Å². The lowest BCUT2D eigenvalue weighted by Gasteiger charge is -2.37. The molecule has 0 aliphatic heterocycles. The van der Waals surface area contributed by atoms with Gasteiger partial charge in [0.05, 0.1) is 104 Å². The van der Waals surface area contributed by atoms with Crippen molar-refractivity contribution in [2.75, 3.05) is 196 Å². The number of nitrogens with zero attached hydrogens (tertiary/aromatic N) is 8. The molecule has 0 saturated heterocycles. The van der Waals surface area contributed by atoms with Crippen LogP contribution in [0.3, 0.4) is 0 Å². The van der Waals surface area contributed by atoms with Crippen LogP contribution in [0.4, 0.5) is 0 Å². The number of aliphatic hydroxyl groups is 5. The van der Waals surface area contributed by atoms with Crippen molar-refractivity contribution in [2.24, 2.45) is 0 Å². The van der Waals surface area contributed by atoms with E-state index in [2.05, 4.69) is 120 Å². The lowest BCUT2D eigenvalue weighted by atomic mass is 10.0. The van der Waals surface area contributed by atoms with Crippen molar-refractivity contribution in [1.29, 1.82) is 0 Å². The normalized spacial score (nSPS) is 14.6. The molecule has 0 fully saturated rings. The van der Waals surface area contributed by atoms with Crippen LogP contribution in [0, 0.1) is 0 Å². The Hall–Kier alpha value is -0.520. The largest absolute Gasteiger partial charge is 0.386 e. The summed E-state index contributed by atoms with van der Waals surface area (Å²) in [6, 6.07) is 0. The Bertz CT molecular complexity index is 1590. The van der Waals surface area contributed by atoms with Crippen molar-refractivity contribution in [3.8, 4) is 0 Å². The summed E-state index contributed by atoms with van der Waals surface area (Å²) in [6.45, 7) is 18.3. The van der Waals surface area contributed by atoms with Crippen molar-refractivity contribution < 1.29 is 47.9 Å². The minimum absolute atomic E-state index is 0.474. The zero-order valence-electron chi connectivity index (χ0n) is 69.7. The maximum atomic E-state index is 12.2. The highest BCUT2D eigenvalue weighted by molar-refractivity contribution is 4.77. The van der Waals surface area contributed by atoms with E-state index in [9.17, 15) is 25.5 Å². The van der Waals surface area contributed by atoms with Crippen molar-refractivity contribution >= 4 is 0 Å². The Labute approximate surface area is 614 Å². The van der Waals surface area contributed by atoms with Gasteiger partial charge in [0, 0.05) is 58.9 Å². The number of aliphatic hydroxyl groups excluding tert-OH is 5. The summed E-state index contributed by atoms with van der Waals surface area (Å²) in [5.74, 6) is 0. The monoisotopic (exact) mass is 1400 g/mol. The minimum atomic E-state index is -0.553. The highest BCUT2D eigenvalue weighted by Crippen LogP contribution is 2.20. The van der Waals surface area contributed by atoms with Gasteiger partial charge in [-0.05, 0) is 38.5 Å². The topological polar surface area (TPSA) is 111 Å². The molecule has 0 aromatic rings. The summed E-state index contributed by atoms with van der Waals surface area (Å²) in [6.07, 6.45) is 62.7.